The molecule has 3 heteroatoms. The number of benzene rings is 2. The molecule has 0 aliphatic rings. The lowest BCUT2D eigenvalue weighted by atomic mass is 9.97. The molecule has 20 heavy (non-hydrogen) atoms. The fraction of sp³-hybridized carbons (Fsp3) is 0.294. The maximum absolute atomic E-state index is 13.1. The smallest absolute Gasteiger partial charge is 0.124 e. The summed E-state index contributed by atoms with van der Waals surface area (Å²) in [7, 11) is 1.93. The predicted octanol–water partition coefficient (Wildman–Crippen LogP) is 4.54. The molecule has 0 spiro atoms. The molecule has 0 bridgehead atoms. The molecule has 0 aliphatic heterocycles. The van der Waals surface area contributed by atoms with E-state index in [1.165, 1.54) is 23.3 Å². The van der Waals surface area contributed by atoms with Gasteiger partial charge in [0.15, 0.2) is 0 Å². The first-order chi connectivity index (χ1) is 9.63. The summed E-state index contributed by atoms with van der Waals surface area (Å²) in [5.41, 5.74) is 3.49. The van der Waals surface area contributed by atoms with Crippen molar-refractivity contribution in [3.8, 4) is 0 Å². The zero-order chi connectivity index (χ0) is 14.5. The molecule has 106 valence electrons. The zero-order valence-corrected chi connectivity index (χ0v) is 12.5. The monoisotopic (exact) mass is 291 g/mol. The van der Waals surface area contributed by atoms with Crippen LogP contribution in [0.4, 0.5) is 4.39 Å². The first kappa shape index (κ1) is 15.0. The third-order valence-electron chi connectivity index (χ3n) is 3.55. The minimum Gasteiger partial charge on any atom is -0.313 e. The van der Waals surface area contributed by atoms with Crippen LogP contribution in [0.3, 0.4) is 0 Å². The summed E-state index contributed by atoms with van der Waals surface area (Å²) < 4.78 is 13.1. The molecule has 0 radical (unpaired) electrons. The van der Waals surface area contributed by atoms with Gasteiger partial charge in [-0.3, -0.25) is 0 Å². The molecule has 0 saturated carbocycles. The lowest BCUT2D eigenvalue weighted by Gasteiger charge is -2.18. The van der Waals surface area contributed by atoms with Gasteiger partial charge in [0.05, 0.1) is 0 Å². The summed E-state index contributed by atoms with van der Waals surface area (Å²) in [4.78, 5) is 0. The van der Waals surface area contributed by atoms with Gasteiger partial charge in [0.2, 0.25) is 0 Å². The van der Waals surface area contributed by atoms with E-state index in [-0.39, 0.29) is 11.9 Å². The Kier molecular flexibility index (Phi) is 5.16. The van der Waals surface area contributed by atoms with Gasteiger partial charge in [0, 0.05) is 11.1 Å². The predicted molar refractivity (Wildman–Crippen MR) is 82.7 cm³/mol. The highest BCUT2D eigenvalue weighted by molar-refractivity contribution is 6.31. The summed E-state index contributed by atoms with van der Waals surface area (Å²) in [6.45, 7) is 2.14. The molecule has 0 saturated heterocycles. The Morgan fingerprint density at radius 3 is 2.65 bits per heavy atom. The van der Waals surface area contributed by atoms with Gasteiger partial charge in [0.25, 0.3) is 0 Å². The molecule has 1 unspecified atom stereocenters. The van der Waals surface area contributed by atoms with Crippen LogP contribution in [-0.2, 0) is 12.8 Å². The van der Waals surface area contributed by atoms with Gasteiger partial charge >= 0.3 is 0 Å². The molecule has 1 N–H and O–H groups in total. The lowest BCUT2D eigenvalue weighted by Crippen LogP contribution is -2.19. The minimum atomic E-state index is -0.298. The van der Waals surface area contributed by atoms with Crippen LogP contribution in [0, 0.1) is 5.82 Å². The number of likely N-dealkylation sites (N-methyl/N-ethyl adjacent to an activating group) is 1. The molecular weight excluding hydrogens is 273 g/mol. The van der Waals surface area contributed by atoms with Gasteiger partial charge < -0.3 is 5.32 Å². The largest absolute Gasteiger partial charge is 0.313 e. The minimum absolute atomic E-state index is 0.171. The van der Waals surface area contributed by atoms with Gasteiger partial charge in [-0.15, -0.1) is 0 Å². The Hall–Kier alpha value is -1.38. The third kappa shape index (κ3) is 3.59. The normalized spacial score (nSPS) is 12.4. The van der Waals surface area contributed by atoms with Crippen LogP contribution in [0.25, 0.3) is 0 Å². The third-order valence-corrected chi connectivity index (χ3v) is 3.90. The Bertz CT molecular complexity index is 583. The van der Waals surface area contributed by atoms with Crippen molar-refractivity contribution in [1.29, 1.82) is 0 Å². The highest BCUT2D eigenvalue weighted by Gasteiger charge is 2.13. The molecule has 2 rings (SSSR count). The van der Waals surface area contributed by atoms with Crippen LogP contribution in [0.15, 0.2) is 42.5 Å². The van der Waals surface area contributed by atoms with Crippen molar-refractivity contribution in [3.05, 3.63) is 70.0 Å². The number of nitrogens with one attached hydrogen (secondary N) is 1. The second kappa shape index (κ2) is 6.87. The van der Waals surface area contributed by atoms with Crippen LogP contribution >= 0.6 is 11.6 Å². The summed E-state index contributed by atoms with van der Waals surface area (Å²) >= 11 is 6.11. The van der Waals surface area contributed by atoms with E-state index in [9.17, 15) is 4.39 Å². The van der Waals surface area contributed by atoms with E-state index in [1.807, 2.05) is 7.05 Å². The molecule has 2 aromatic carbocycles. The van der Waals surface area contributed by atoms with Crippen LogP contribution in [0.5, 0.6) is 0 Å². The summed E-state index contributed by atoms with van der Waals surface area (Å²) in [6, 6.07) is 13.3. The Balaban J connectivity index is 2.23. The van der Waals surface area contributed by atoms with Gasteiger partial charge in [-0.25, -0.2) is 4.39 Å². The number of hydrogen-bond donors (Lipinski definition) is 1. The molecule has 0 aromatic heterocycles. The van der Waals surface area contributed by atoms with Crippen LogP contribution in [-0.4, -0.2) is 7.05 Å². The van der Waals surface area contributed by atoms with E-state index in [2.05, 4.69) is 36.5 Å². The Labute approximate surface area is 124 Å². The fourth-order valence-corrected chi connectivity index (χ4v) is 2.57. The van der Waals surface area contributed by atoms with Crippen molar-refractivity contribution in [2.75, 3.05) is 7.05 Å². The summed E-state index contributed by atoms with van der Waals surface area (Å²) in [6.07, 6.45) is 1.75. The molecule has 1 atom stereocenters. The first-order valence-corrected chi connectivity index (χ1v) is 7.22. The molecule has 0 fully saturated rings. The summed E-state index contributed by atoms with van der Waals surface area (Å²) in [5, 5.41) is 3.79. The average Bonchev–Trinajstić information content (AvgIpc) is 2.46. The molecule has 1 nitrogen and oxygen atoms in total. The molecule has 0 heterocycles. The highest BCUT2D eigenvalue weighted by Crippen LogP contribution is 2.24. The quantitative estimate of drug-likeness (QED) is 0.852. The van der Waals surface area contributed by atoms with E-state index in [4.69, 9.17) is 11.6 Å². The van der Waals surface area contributed by atoms with Gasteiger partial charge in [-0.2, -0.15) is 0 Å². The average molecular weight is 292 g/mol. The number of rotatable bonds is 5. The van der Waals surface area contributed by atoms with Crippen molar-refractivity contribution < 1.29 is 4.39 Å². The topological polar surface area (TPSA) is 12.0 Å². The lowest BCUT2D eigenvalue weighted by molar-refractivity contribution is 0.588. The number of aryl methyl sites for hydroxylation is 1. The van der Waals surface area contributed by atoms with Crippen molar-refractivity contribution in [2.45, 2.75) is 25.8 Å². The van der Waals surface area contributed by atoms with E-state index < -0.39 is 0 Å². The van der Waals surface area contributed by atoms with Crippen molar-refractivity contribution >= 4 is 11.6 Å². The van der Waals surface area contributed by atoms with E-state index in [0.717, 1.165) is 18.4 Å². The van der Waals surface area contributed by atoms with Crippen molar-refractivity contribution in [3.63, 3.8) is 0 Å². The number of hydrogen-bond acceptors (Lipinski definition) is 1. The molecule has 0 amide bonds. The Morgan fingerprint density at radius 1 is 1.20 bits per heavy atom. The standard InChI is InChI=1S/C17H19ClFN/c1-3-12-5-4-6-14(9-12)17(20-2)10-13-7-8-15(19)11-16(13)18/h4-9,11,17,20H,3,10H2,1-2H3. The SMILES string of the molecule is CCc1cccc(C(Cc2ccc(F)cc2Cl)NC)c1. The molecular formula is C17H19ClFN. The fourth-order valence-electron chi connectivity index (χ4n) is 2.32. The van der Waals surface area contributed by atoms with Gasteiger partial charge in [-0.05, 0) is 48.7 Å². The van der Waals surface area contributed by atoms with Crippen LogP contribution in [0.1, 0.15) is 29.7 Å². The molecule has 2 aromatic rings. The molecule has 0 aliphatic carbocycles. The van der Waals surface area contributed by atoms with E-state index in [0.29, 0.717) is 5.02 Å². The van der Waals surface area contributed by atoms with Crippen LogP contribution < -0.4 is 5.32 Å². The highest BCUT2D eigenvalue weighted by atomic mass is 35.5. The van der Waals surface area contributed by atoms with Crippen molar-refractivity contribution in [2.24, 2.45) is 0 Å². The maximum Gasteiger partial charge on any atom is 0.124 e. The Morgan fingerprint density at radius 2 is 2.00 bits per heavy atom. The van der Waals surface area contributed by atoms with Gasteiger partial charge in [0.1, 0.15) is 5.82 Å². The second-order valence-electron chi connectivity index (χ2n) is 4.88. The summed E-state index contributed by atoms with van der Waals surface area (Å²) in [5.74, 6) is -0.298. The van der Waals surface area contributed by atoms with E-state index >= 15 is 0 Å². The van der Waals surface area contributed by atoms with Gasteiger partial charge in [-0.1, -0.05) is 48.9 Å². The first-order valence-electron chi connectivity index (χ1n) is 6.84. The zero-order valence-electron chi connectivity index (χ0n) is 11.8. The van der Waals surface area contributed by atoms with E-state index in [1.54, 1.807) is 6.07 Å². The van der Waals surface area contributed by atoms with Crippen LogP contribution in [0.2, 0.25) is 5.02 Å². The number of halogens is 2. The van der Waals surface area contributed by atoms with Crippen molar-refractivity contribution in [1.82, 2.24) is 5.32 Å². The maximum atomic E-state index is 13.1. The second-order valence-corrected chi connectivity index (χ2v) is 5.29.